The monoisotopic (exact) mass is 274 g/mol. The fourth-order valence-corrected chi connectivity index (χ4v) is 3.62. The van der Waals surface area contributed by atoms with Crippen molar-refractivity contribution in [3.8, 4) is 0 Å². The number of nitrogens with one attached hydrogen (secondary N) is 1. The molecule has 2 rings (SSSR count). The first-order valence-corrected chi connectivity index (χ1v) is 7.39. The Morgan fingerprint density at radius 2 is 2.06 bits per heavy atom. The average molecular weight is 275 g/mol. The van der Waals surface area contributed by atoms with E-state index in [-0.39, 0.29) is 4.90 Å². The fourth-order valence-electron chi connectivity index (χ4n) is 1.84. The van der Waals surface area contributed by atoms with Crippen molar-refractivity contribution in [1.82, 2.24) is 9.62 Å². The molecular formula is C11H15ClN2O2S. The summed E-state index contributed by atoms with van der Waals surface area (Å²) in [7, 11) is -3.40. The molecule has 0 saturated carbocycles. The second-order valence-electron chi connectivity index (χ2n) is 3.97. The molecule has 0 amide bonds. The lowest BCUT2D eigenvalue weighted by molar-refractivity contribution is 0.432. The van der Waals surface area contributed by atoms with Gasteiger partial charge in [-0.2, -0.15) is 4.31 Å². The standard InChI is InChI=1S/C11H15ClN2O2S/c12-10-3-1-4-11(9-10)17(15,16)14-7-2-5-13-6-8-14/h1,3-4,9,13H,2,5-8H2. The maximum absolute atomic E-state index is 12.3. The van der Waals surface area contributed by atoms with Gasteiger partial charge in [0.2, 0.25) is 10.0 Å². The van der Waals surface area contributed by atoms with Gasteiger partial charge in [-0.1, -0.05) is 17.7 Å². The van der Waals surface area contributed by atoms with Crippen LogP contribution in [0, 0.1) is 0 Å². The first-order chi connectivity index (χ1) is 8.10. The largest absolute Gasteiger partial charge is 0.315 e. The molecule has 0 atom stereocenters. The third-order valence-electron chi connectivity index (χ3n) is 2.73. The Morgan fingerprint density at radius 1 is 1.24 bits per heavy atom. The quantitative estimate of drug-likeness (QED) is 0.885. The Kier molecular flexibility index (Phi) is 4.04. The Balaban J connectivity index is 2.28. The van der Waals surface area contributed by atoms with E-state index in [1.807, 2.05) is 0 Å². The molecule has 17 heavy (non-hydrogen) atoms. The summed E-state index contributed by atoms with van der Waals surface area (Å²) in [6.45, 7) is 2.62. The lowest BCUT2D eigenvalue weighted by atomic mass is 10.4. The highest BCUT2D eigenvalue weighted by atomic mass is 35.5. The number of halogens is 1. The topological polar surface area (TPSA) is 49.4 Å². The van der Waals surface area contributed by atoms with Crippen LogP contribution in [0.1, 0.15) is 6.42 Å². The maximum Gasteiger partial charge on any atom is 0.243 e. The highest BCUT2D eigenvalue weighted by Crippen LogP contribution is 2.19. The van der Waals surface area contributed by atoms with Gasteiger partial charge < -0.3 is 5.32 Å². The second kappa shape index (κ2) is 5.35. The molecule has 0 spiro atoms. The van der Waals surface area contributed by atoms with E-state index in [1.54, 1.807) is 18.2 Å². The Bertz CT molecular complexity index is 482. The molecule has 1 heterocycles. The molecule has 1 aromatic rings. The van der Waals surface area contributed by atoms with Gasteiger partial charge in [-0.05, 0) is 31.2 Å². The summed E-state index contributed by atoms with van der Waals surface area (Å²) in [5.41, 5.74) is 0. The highest BCUT2D eigenvalue weighted by Gasteiger charge is 2.24. The number of hydrogen-bond donors (Lipinski definition) is 1. The minimum Gasteiger partial charge on any atom is -0.315 e. The maximum atomic E-state index is 12.3. The lowest BCUT2D eigenvalue weighted by Gasteiger charge is -2.19. The molecule has 1 aliphatic rings. The van der Waals surface area contributed by atoms with Crippen LogP contribution in [-0.2, 0) is 10.0 Å². The van der Waals surface area contributed by atoms with Crippen LogP contribution in [0.5, 0.6) is 0 Å². The van der Waals surface area contributed by atoms with E-state index < -0.39 is 10.0 Å². The van der Waals surface area contributed by atoms with Crippen molar-refractivity contribution in [2.24, 2.45) is 0 Å². The van der Waals surface area contributed by atoms with Crippen molar-refractivity contribution in [2.45, 2.75) is 11.3 Å². The van der Waals surface area contributed by atoms with E-state index in [0.29, 0.717) is 24.7 Å². The minimum absolute atomic E-state index is 0.270. The predicted octanol–water partition coefficient (Wildman–Crippen LogP) is 1.32. The summed E-state index contributed by atoms with van der Waals surface area (Å²) in [5, 5.41) is 3.62. The van der Waals surface area contributed by atoms with Crippen molar-refractivity contribution in [3.63, 3.8) is 0 Å². The van der Waals surface area contributed by atoms with Gasteiger partial charge in [-0.25, -0.2) is 8.42 Å². The number of rotatable bonds is 2. The average Bonchev–Trinajstić information content (AvgIpc) is 2.58. The third kappa shape index (κ3) is 2.98. The van der Waals surface area contributed by atoms with Crippen LogP contribution in [0.2, 0.25) is 5.02 Å². The van der Waals surface area contributed by atoms with Crippen molar-refractivity contribution < 1.29 is 8.42 Å². The highest BCUT2D eigenvalue weighted by molar-refractivity contribution is 7.89. The zero-order valence-corrected chi connectivity index (χ0v) is 11.0. The van der Waals surface area contributed by atoms with Gasteiger partial charge in [0.05, 0.1) is 4.90 Å². The second-order valence-corrected chi connectivity index (χ2v) is 6.34. The molecule has 1 aliphatic heterocycles. The number of benzene rings is 1. The summed E-state index contributed by atoms with van der Waals surface area (Å²) in [6.07, 6.45) is 0.833. The molecule has 1 saturated heterocycles. The van der Waals surface area contributed by atoms with Crippen LogP contribution in [0.3, 0.4) is 0 Å². The molecule has 0 aliphatic carbocycles. The smallest absolute Gasteiger partial charge is 0.243 e. The molecule has 1 N–H and O–H groups in total. The molecule has 0 aromatic heterocycles. The summed E-state index contributed by atoms with van der Waals surface area (Å²) in [5.74, 6) is 0. The van der Waals surface area contributed by atoms with E-state index in [0.717, 1.165) is 13.0 Å². The fraction of sp³-hybridized carbons (Fsp3) is 0.455. The van der Waals surface area contributed by atoms with Crippen molar-refractivity contribution in [1.29, 1.82) is 0 Å². The molecule has 1 aromatic carbocycles. The number of hydrogen-bond acceptors (Lipinski definition) is 3. The molecule has 0 unspecified atom stereocenters. The van der Waals surface area contributed by atoms with Gasteiger partial charge in [-0.15, -0.1) is 0 Å². The van der Waals surface area contributed by atoms with Crippen molar-refractivity contribution >= 4 is 21.6 Å². The number of nitrogens with zero attached hydrogens (tertiary/aromatic N) is 1. The Hall–Kier alpha value is -0.620. The van der Waals surface area contributed by atoms with Gasteiger partial charge in [0.25, 0.3) is 0 Å². The van der Waals surface area contributed by atoms with Crippen LogP contribution in [0.15, 0.2) is 29.2 Å². The summed E-state index contributed by atoms with van der Waals surface area (Å²) in [6, 6.07) is 6.41. The van der Waals surface area contributed by atoms with Gasteiger partial charge in [0.15, 0.2) is 0 Å². The van der Waals surface area contributed by atoms with Gasteiger partial charge in [0.1, 0.15) is 0 Å². The van der Waals surface area contributed by atoms with E-state index in [1.165, 1.54) is 10.4 Å². The first kappa shape index (κ1) is 12.8. The van der Waals surface area contributed by atoms with Crippen LogP contribution >= 0.6 is 11.6 Å². The van der Waals surface area contributed by atoms with Crippen LogP contribution in [-0.4, -0.2) is 38.9 Å². The van der Waals surface area contributed by atoms with Crippen LogP contribution in [0.4, 0.5) is 0 Å². The predicted molar refractivity (Wildman–Crippen MR) is 67.7 cm³/mol. The van der Waals surface area contributed by atoms with E-state index >= 15 is 0 Å². The summed E-state index contributed by atoms with van der Waals surface area (Å²) < 4.78 is 26.2. The molecule has 6 heteroatoms. The van der Waals surface area contributed by atoms with Crippen LogP contribution in [0.25, 0.3) is 0 Å². The van der Waals surface area contributed by atoms with E-state index in [4.69, 9.17) is 11.6 Å². The molecule has 94 valence electrons. The zero-order valence-electron chi connectivity index (χ0n) is 9.39. The molecular weight excluding hydrogens is 260 g/mol. The number of sulfonamides is 1. The Labute approximate surface area is 107 Å². The normalized spacial score (nSPS) is 18.9. The van der Waals surface area contributed by atoms with Gasteiger partial charge >= 0.3 is 0 Å². The molecule has 1 fully saturated rings. The summed E-state index contributed by atoms with van der Waals surface area (Å²) in [4.78, 5) is 0.270. The third-order valence-corrected chi connectivity index (χ3v) is 4.86. The minimum atomic E-state index is -3.40. The molecule has 4 nitrogen and oxygen atoms in total. The van der Waals surface area contributed by atoms with Crippen LogP contribution < -0.4 is 5.32 Å². The SMILES string of the molecule is O=S(=O)(c1cccc(Cl)c1)N1CCCNCC1. The summed E-state index contributed by atoms with van der Waals surface area (Å²) >= 11 is 5.83. The Morgan fingerprint density at radius 3 is 2.82 bits per heavy atom. The molecule has 0 bridgehead atoms. The molecule has 0 radical (unpaired) electrons. The van der Waals surface area contributed by atoms with Gasteiger partial charge in [-0.3, -0.25) is 0 Å². The zero-order chi connectivity index (χ0) is 12.3. The first-order valence-electron chi connectivity index (χ1n) is 5.57. The van der Waals surface area contributed by atoms with E-state index in [2.05, 4.69) is 5.32 Å². The van der Waals surface area contributed by atoms with Crippen molar-refractivity contribution in [3.05, 3.63) is 29.3 Å². The van der Waals surface area contributed by atoms with Crippen molar-refractivity contribution in [2.75, 3.05) is 26.2 Å². The lowest BCUT2D eigenvalue weighted by Crippen LogP contribution is -2.34. The van der Waals surface area contributed by atoms with E-state index in [9.17, 15) is 8.42 Å². The van der Waals surface area contributed by atoms with Gasteiger partial charge in [0, 0.05) is 24.7 Å².